The van der Waals surface area contributed by atoms with E-state index in [9.17, 15) is 4.39 Å². The lowest BCUT2D eigenvalue weighted by Gasteiger charge is -2.25. The summed E-state index contributed by atoms with van der Waals surface area (Å²) in [6.07, 6.45) is 2.84. The summed E-state index contributed by atoms with van der Waals surface area (Å²) in [4.78, 5) is 0. The maximum atomic E-state index is 13.7. The van der Waals surface area contributed by atoms with E-state index in [2.05, 4.69) is 0 Å². The van der Waals surface area contributed by atoms with Crippen LogP contribution in [0, 0.1) is 11.7 Å². The summed E-state index contributed by atoms with van der Waals surface area (Å²) in [5.74, 6) is 0.228. The van der Waals surface area contributed by atoms with Crippen molar-refractivity contribution in [1.29, 1.82) is 0 Å². The van der Waals surface area contributed by atoms with Crippen LogP contribution in [0.2, 0.25) is 5.02 Å². The maximum absolute atomic E-state index is 13.7. The summed E-state index contributed by atoms with van der Waals surface area (Å²) in [6, 6.07) is 4.43. The molecule has 1 aliphatic rings. The first-order valence-electron chi connectivity index (χ1n) is 5.95. The normalized spacial score (nSPS) is 19.2. The lowest BCUT2D eigenvalue weighted by atomic mass is 9.90. The average molecular weight is 258 g/mol. The molecule has 0 amide bonds. The Morgan fingerprint density at radius 2 is 2.12 bits per heavy atom. The number of benzene rings is 1. The molecule has 0 saturated carbocycles. The second-order valence-corrected chi connectivity index (χ2v) is 5.00. The lowest BCUT2D eigenvalue weighted by Crippen LogP contribution is -2.22. The van der Waals surface area contributed by atoms with E-state index < -0.39 is 0 Å². The molecule has 4 heteroatoms. The number of ether oxygens (including phenoxy) is 1. The van der Waals surface area contributed by atoms with Crippen LogP contribution in [0.1, 0.15) is 30.9 Å². The van der Waals surface area contributed by atoms with Crippen LogP contribution in [0.15, 0.2) is 18.2 Å². The van der Waals surface area contributed by atoms with Gasteiger partial charge in [-0.1, -0.05) is 17.7 Å². The van der Waals surface area contributed by atoms with Crippen molar-refractivity contribution in [2.24, 2.45) is 11.7 Å². The Labute approximate surface area is 106 Å². The fourth-order valence-electron chi connectivity index (χ4n) is 2.27. The van der Waals surface area contributed by atoms with Crippen LogP contribution in [0.3, 0.4) is 0 Å². The molecule has 1 heterocycles. The van der Waals surface area contributed by atoms with Gasteiger partial charge in [0.25, 0.3) is 0 Å². The molecular weight excluding hydrogens is 241 g/mol. The molecule has 1 saturated heterocycles. The minimum absolute atomic E-state index is 0.254. The Morgan fingerprint density at radius 3 is 2.76 bits per heavy atom. The van der Waals surface area contributed by atoms with Crippen molar-refractivity contribution in [3.63, 3.8) is 0 Å². The van der Waals surface area contributed by atoms with E-state index in [1.807, 2.05) is 0 Å². The lowest BCUT2D eigenvalue weighted by molar-refractivity contribution is 0.0617. The van der Waals surface area contributed by atoms with Crippen LogP contribution in [0.5, 0.6) is 0 Å². The number of nitrogens with two attached hydrogens (primary N) is 1. The monoisotopic (exact) mass is 257 g/mol. The van der Waals surface area contributed by atoms with Gasteiger partial charge in [-0.25, -0.2) is 4.39 Å². The number of hydrogen-bond donors (Lipinski definition) is 1. The second kappa shape index (κ2) is 5.80. The molecule has 0 radical (unpaired) electrons. The smallest absolute Gasteiger partial charge is 0.129 e. The van der Waals surface area contributed by atoms with E-state index >= 15 is 0 Å². The van der Waals surface area contributed by atoms with Crippen LogP contribution in [0.25, 0.3) is 0 Å². The van der Waals surface area contributed by atoms with Crippen LogP contribution >= 0.6 is 11.6 Å². The predicted octanol–water partition coefficient (Wildman–Crippen LogP) is 3.30. The van der Waals surface area contributed by atoms with E-state index in [1.165, 1.54) is 6.07 Å². The zero-order chi connectivity index (χ0) is 12.3. The molecule has 2 N–H and O–H groups in total. The standard InChI is InChI=1S/C13H17ClFNO/c14-10-1-2-11(12(15)8-10)13(16)7-9-3-5-17-6-4-9/h1-2,8-9,13H,3-7,16H2. The highest BCUT2D eigenvalue weighted by molar-refractivity contribution is 6.30. The van der Waals surface area contributed by atoms with Gasteiger partial charge in [-0.2, -0.15) is 0 Å². The first-order valence-corrected chi connectivity index (χ1v) is 6.33. The van der Waals surface area contributed by atoms with Gasteiger partial charge < -0.3 is 10.5 Å². The van der Waals surface area contributed by atoms with Gasteiger partial charge in [0.05, 0.1) is 0 Å². The molecule has 0 bridgehead atoms. The van der Waals surface area contributed by atoms with Gasteiger partial charge in [-0.05, 0) is 37.3 Å². The molecule has 1 aromatic carbocycles. The molecule has 1 unspecified atom stereocenters. The van der Waals surface area contributed by atoms with Crippen molar-refractivity contribution in [1.82, 2.24) is 0 Å². The fourth-order valence-corrected chi connectivity index (χ4v) is 2.43. The van der Waals surface area contributed by atoms with E-state index in [4.69, 9.17) is 22.1 Å². The quantitative estimate of drug-likeness (QED) is 0.902. The summed E-state index contributed by atoms with van der Waals surface area (Å²) in [5, 5.41) is 0.407. The van der Waals surface area contributed by atoms with Crippen molar-refractivity contribution >= 4 is 11.6 Å². The Balaban J connectivity index is 2.00. The molecule has 1 atom stereocenters. The molecule has 1 fully saturated rings. The minimum atomic E-state index is -0.308. The fraction of sp³-hybridized carbons (Fsp3) is 0.538. The molecule has 17 heavy (non-hydrogen) atoms. The van der Waals surface area contributed by atoms with Gasteiger partial charge in [0.15, 0.2) is 0 Å². The molecule has 1 aliphatic heterocycles. The van der Waals surface area contributed by atoms with Crippen LogP contribution in [0.4, 0.5) is 4.39 Å². The summed E-state index contributed by atoms with van der Waals surface area (Å²) in [7, 11) is 0. The van der Waals surface area contributed by atoms with Crippen molar-refractivity contribution in [3.8, 4) is 0 Å². The molecule has 2 nitrogen and oxygen atoms in total. The zero-order valence-electron chi connectivity index (χ0n) is 9.66. The third kappa shape index (κ3) is 3.41. The van der Waals surface area contributed by atoms with E-state index in [-0.39, 0.29) is 11.9 Å². The van der Waals surface area contributed by atoms with Crippen LogP contribution in [-0.2, 0) is 4.74 Å². The van der Waals surface area contributed by atoms with Gasteiger partial charge in [-0.3, -0.25) is 0 Å². The highest BCUT2D eigenvalue weighted by atomic mass is 35.5. The van der Waals surface area contributed by atoms with E-state index in [1.54, 1.807) is 12.1 Å². The highest BCUT2D eigenvalue weighted by Gasteiger charge is 2.19. The first-order chi connectivity index (χ1) is 8.16. The first kappa shape index (κ1) is 12.8. The van der Waals surface area contributed by atoms with Crippen molar-refractivity contribution in [3.05, 3.63) is 34.6 Å². The number of halogens is 2. The maximum Gasteiger partial charge on any atom is 0.129 e. The van der Waals surface area contributed by atoms with Crippen LogP contribution < -0.4 is 5.73 Å². The zero-order valence-corrected chi connectivity index (χ0v) is 10.4. The second-order valence-electron chi connectivity index (χ2n) is 4.56. The minimum Gasteiger partial charge on any atom is -0.381 e. The molecule has 0 aliphatic carbocycles. The van der Waals surface area contributed by atoms with Crippen molar-refractivity contribution < 1.29 is 9.13 Å². The van der Waals surface area contributed by atoms with Gasteiger partial charge >= 0.3 is 0 Å². The van der Waals surface area contributed by atoms with Crippen molar-refractivity contribution in [2.75, 3.05) is 13.2 Å². The molecule has 2 rings (SSSR count). The van der Waals surface area contributed by atoms with E-state index in [0.29, 0.717) is 16.5 Å². The molecular formula is C13H17ClFNO. The van der Waals surface area contributed by atoms with E-state index in [0.717, 1.165) is 32.5 Å². The predicted molar refractivity (Wildman–Crippen MR) is 66.5 cm³/mol. The van der Waals surface area contributed by atoms with Gasteiger partial charge in [0.1, 0.15) is 5.82 Å². The third-order valence-electron chi connectivity index (χ3n) is 3.29. The Kier molecular flexibility index (Phi) is 4.37. The van der Waals surface area contributed by atoms with Gasteiger partial charge in [0.2, 0.25) is 0 Å². The van der Waals surface area contributed by atoms with Gasteiger partial charge in [-0.15, -0.1) is 0 Å². The van der Waals surface area contributed by atoms with Crippen LogP contribution in [-0.4, -0.2) is 13.2 Å². The molecule has 1 aromatic rings. The van der Waals surface area contributed by atoms with Crippen molar-refractivity contribution in [2.45, 2.75) is 25.3 Å². The SMILES string of the molecule is NC(CC1CCOCC1)c1ccc(Cl)cc1F. The molecule has 0 spiro atoms. The Hall–Kier alpha value is -0.640. The highest BCUT2D eigenvalue weighted by Crippen LogP contribution is 2.28. The Bertz CT molecular complexity index is 380. The molecule has 94 valence electrons. The summed E-state index contributed by atoms with van der Waals surface area (Å²) in [6.45, 7) is 1.58. The largest absolute Gasteiger partial charge is 0.381 e. The summed E-state index contributed by atoms with van der Waals surface area (Å²) < 4.78 is 19.0. The average Bonchev–Trinajstić information content (AvgIpc) is 2.30. The summed E-state index contributed by atoms with van der Waals surface area (Å²) in [5.41, 5.74) is 6.61. The van der Waals surface area contributed by atoms with Gasteiger partial charge in [0, 0.05) is 29.8 Å². The molecule has 0 aromatic heterocycles. The summed E-state index contributed by atoms with van der Waals surface area (Å²) >= 11 is 5.72. The topological polar surface area (TPSA) is 35.2 Å². The third-order valence-corrected chi connectivity index (χ3v) is 3.53. The Morgan fingerprint density at radius 1 is 1.41 bits per heavy atom. The number of rotatable bonds is 3. The number of hydrogen-bond acceptors (Lipinski definition) is 2.